The van der Waals surface area contributed by atoms with Crippen LogP contribution in [0.2, 0.25) is 0 Å². The molecule has 0 bridgehead atoms. The van der Waals surface area contributed by atoms with Gasteiger partial charge in [0.15, 0.2) is 5.82 Å². The first-order valence-electron chi connectivity index (χ1n) is 7.20. The summed E-state index contributed by atoms with van der Waals surface area (Å²) in [5.74, 6) is 0.374. The summed E-state index contributed by atoms with van der Waals surface area (Å²) in [7, 11) is -3.61. The Labute approximate surface area is 121 Å². The number of nitrogens with one attached hydrogen (secondary N) is 1. The average Bonchev–Trinajstić information content (AvgIpc) is 2.72. The van der Waals surface area contributed by atoms with E-state index in [4.69, 9.17) is 5.73 Å². The van der Waals surface area contributed by atoms with E-state index in [2.05, 4.69) is 23.7 Å². The lowest BCUT2D eigenvalue weighted by Crippen LogP contribution is -2.37. The summed E-state index contributed by atoms with van der Waals surface area (Å²) in [5.41, 5.74) is 5.72. The fourth-order valence-electron chi connectivity index (χ4n) is 2.37. The van der Waals surface area contributed by atoms with Gasteiger partial charge >= 0.3 is 0 Å². The predicted molar refractivity (Wildman–Crippen MR) is 80.8 cm³/mol. The van der Waals surface area contributed by atoms with Crippen LogP contribution in [0.4, 0.5) is 5.82 Å². The first-order chi connectivity index (χ1) is 9.35. The van der Waals surface area contributed by atoms with E-state index in [0.717, 1.165) is 19.3 Å². The number of nitrogens with zero attached hydrogens (tertiary/aromatic N) is 2. The summed E-state index contributed by atoms with van der Waals surface area (Å²) >= 11 is 0. The number of aryl methyl sites for hydroxylation is 1. The third-order valence-corrected chi connectivity index (χ3v) is 5.17. The van der Waals surface area contributed by atoms with Crippen LogP contribution in [0.3, 0.4) is 0 Å². The van der Waals surface area contributed by atoms with Crippen molar-refractivity contribution in [1.82, 2.24) is 14.5 Å². The lowest BCUT2D eigenvalue weighted by Gasteiger charge is -2.22. The molecule has 0 aliphatic rings. The fraction of sp³-hybridized carbons (Fsp3) is 0.769. The summed E-state index contributed by atoms with van der Waals surface area (Å²) in [6, 6.07) is -0.121. The highest BCUT2D eigenvalue weighted by Gasteiger charge is 2.25. The Hall–Kier alpha value is -1.08. The van der Waals surface area contributed by atoms with E-state index < -0.39 is 10.0 Å². The summed E-state index contributed by atoms with van der Waals surface area (Å²) in [6.45, 7) is 8.67. The summed E-state index contributed by atoms with van der Waals surface area (Å²) in [6.07, 6.45) is 4.24. The molecule has 0 fully saturated rings. The minimum atomic E-state index is -3.61. The minimum Gasteiger partial charge on any atom is -0.381 e. The second-order valence-electron chi connectivity index (χ2n) is 5.13. The summed E-state index contributed by atoms with van der Waals surface area (Å²) in [5, 5.41) is 4.03. The van der Waals surface area contributed by atoms with Crippen molar-refractivity contribution in [3.63, 3.8) is 0 Å². The number of rotatable bonds is 8. The molecule has 0 aliphatic carbocycles. The van der Waals surface area contributed by atoms with Gasteiger partial charge in [-0.1, -0.05) is 33.6 Å². The molecule has 6 nitrogen and oxygen atoms in total. The molecule has 116 valence electrons. The van der Waals surface area contributed by atoms with Gasteiger partial charge in [0.2, 0.25) is 10.0 Å². The zero-order chi connectivity index (χ0) is 15.3. The normalized spacial score (nSPS) is 13.8. The van der Waals surface area contributed by atoms with Crippen LogP contribution in [0.5, 0.6) is 0 Å². The van der Waals surface area contributed by atoms with E-state index in [9.17, 15) is 8.42 Å². The standard InChI is InChI=1S/C13H26N4O2S/c1-5-8-17-9-12(13(14)15-17)20(18,19)16-10(4)11(6-2)7-3/h9-11,16H,5-8H2,1-4H3,(H2,14,15). The van der Waals surface area contributed by atoms with Gasteiger partial charge in [-0.15, -0.1) is 0 Å². The largest absolute Gasteiger partial charge is 0.381 e. The van der Waals surface area contributed by atoms with Crippen molar-refractivity contribution >= 4 is 15.8 Å². The van der Waals surface area contributed by atoms with Crippen molar-refractivity contribution < 1.29 is 8.42 Å². The zero-order valence-corrected chi connectivity index (χ0v) is 13.6. The number of nitrogen functional groups attached to an aromatic ring is 1. The third-order valence-electron chi connectivity index (χ3n) is 3.59. The molecular weight excluding hydrogens is 276 g/mol. The van der Waals surface area contributed by atoms with Crippen LogP contribution in [-0.2, 0) is 16.6 Å². The minimum absolute atomic E-state index is 0.0581. The molecule has 1 heterocycles. The molecule has 20 heavy (non-hydrogen) atoms. The smallest absolute Gasteiger partial charge is 0.246 e. The molecule has 3 N–H and O–H groups in total. The van der Waals surface area contributed by atoms with Gasteiger partial charge in [0.1, 0.15) is 4.90 Å². The second-order valence-corrected chi connectivity index (χ2v) is 6.81. The van der Waals surface area contributed by atoms with E-state index >= 15 is 0 Å². The van der Waals surface area contributed by atoms with Gasteiger partial charge in [-0.05, 0) is 19.3 Å². The molecular formula is C13H26N4O2S. The van der Waals surface area contributed by atoms with Crippen molar-refractivity contribution in [2.45, 2.75) is 64.4 Å². The Morgan fingerprint density at radius 2 is 1.95 bits per heavy atom. The first-order valence-corrected chi connectivity index (χ1v) is 8.69. The van der Waals surface area contributed by atoms with Crippen molar-refractivity contribution in [3.8, 4) is 0 Å². The van der Waals surface area contributed by atoms with Gasteiger partial charge < -0.3 is 5.73 Å². The number of anilines is 1. The van der Waals surface area contributed by atoms with Crippen LogP contribution < -0.4 is 10.5 Å². The topological polar surface area (TPSA) is 90.0 Å². The zero-order valence-electron chi connectivity index (χ0n) is 12.8. The van der Waals surface area contributed by atoms with Crippen LogP contribution >= 0.6 is 0 Å². The molecule has 0 saturated heterocycles. The molecule has 0 spiro atoms. The molecule has 0 radical (unpaired) electrons. The first kappa shape index (κ1) is 17.0. The van der Waals surface area contributed by atoms with Crippen LogP contribution in [0.1, 0.15) is 47.0 Å². The predicted octanol–water partition coefficient (Wildman–Crippen LogP) is 1.98. The maximum Gasteiger partial charge on any atom is 0.246 e. The molecule has 1 unspecified atom stereocenters. The van der Waals surface area contributed by atoms with E-state index in [-0.39, 0.29) is 16.8 Å². The highest BCUT2D eigenvalue weighted by atomic mass is 32.2. The van der Waals surface area contributed by atoms with Crippen LogP contribution in [-0.4, -0.2) is 24.2 Å². The Kier molecular flexibility index (Phi) is 6.01. The van der Waals surface area contributed by atoms with E-state index in [1.54, 1.807) is 4.68 Å². The third kappa shape index (κ3) is 3.96. The lowest BCUT2D eigenvalue weighted by atomic mass is 9.96. The molecule has 0 amide bonds. The number of sulfonamides is 1. The van der Waals surface area contributed by atoms with Crippen LogP contribution in [0.25, 0.3) is 0 Å². The number of nitrogens with two attached hydrogens (primary N) is 1. The average molecular weight is 302 g/mol. The van der Waals surface area contributed by atoms with Gasteiger partial charge in [-0.3, -0.25) is 4.68 Å². The molecule has 0 aromatic carbocycles. The van der Waals surface area contributed by atoms with Crippen molar-refractivity contribution in [2.24, 2.45) is 5.92 Å². The van der Waals surface area contributed by atoms with E-state index in [1.807, 2.05) is 13.8 Å². The molecule has 1 rings (SSSR count). The van der Waals surface area contributed by atoms with E-state index in [0.29, 0.717) is 12.5 Å². The van der Waals surface area contributed by atoms with Gasteiger partial charge in [0.05, 0.1) is 0 Å². The molecule has 7 heteroatoms. The quantitative estimate of drug-likeness (QED) is 0.768. The lowest BCUT2D eigenvalue weighted by molar-refractivity contribution is 0.391. The van der Waals surface area contributed by atoms with E-state index in [1.165, 1.54) is 6.20 Å². The molecule has 1 aromatic rings. The molecule has 0 aliphatic heterocycles. The molecule has 1 atom stereocenters. The van der Waals surface area contributed by atoms with Gasteiger partial charge in [0.25, 0.3) is 0 Å². The SMILES string of the molecule is CCCn1cc(S(=O)(=O)NC(C)C(CC)CC)c(N)n1. The number of hydrogen-bond acceptors (Lipinski definition) is 4. The molecule has 1 aromatic heterocycles. The Morgan fingerprint density at radius 1 is 1.35 bits per heavy atom. The summed E-state index contributed by atoms with van der Waals surface area (Å²) < 4.78 is 29.0. The monoisotopic (exact) mass is 302 g/mol. The maximum atomic E-state index is 12.4. The van der Waals surface area contributed by atoms with Crippen molar-refractivity contribution in [3.05, 3.63) is 6.20 Å². The summed E-state index contributed by atoms with van der Waals surface area (Å²) in [4.78, 5) is 0.0729. The Bertz CT molecular complexity index is 520. The van der Waals surface area contributed by atoms with Gasteiger partial charge in [-0.25, -0.2) is 13.1 Å². The van der Waals surface area contributed by atoms with Crippen LogP contribution in [0, 0.1) is 5.92 Å². The second kappa shape index (κ2) is 7.08. The highest BCUT2D eigenvalue weighted by molar-refractivity contribution is 7.89. The Morgan fingerprint density at radius 3 is 2.45 bits per heavy atom. The molecule has 0 saturated carbocycles. The Balaban J connectivity index is 2.93. The van der Waals surface area contributed by atoms with Gasteiger partial charge in [-0.2, -0.15) is 5.10 Å². The number of hydrogen-bond donors (Lipinski definition) is 2. The maximum absolute atomic E-state index is 12.4. The number of aromatic nitrogens is 2. The van der Waals surface area contributed by atoms with Crippen molar-refractivity contribution in [2.75, 3.05) is 5.73 Å². The highest BCUT2D eigenvalue weighted by Crippen LogP contribution is 2.19. The van der Waals surface area contributed by atoms with Crippen LogP contribution in [0.15, 0.2) is 11.1 Å². The van der Waals surface area contributed by atoms with Crippen molar-refractivity contribution in [1.29, 1.82) is 0 Å². The fourth-order valence-corrected chi connectivity index (χ4v) is 3.75. The van der Waals surface area contributed by atoms with Gasteiger partial charge in [0, 0.05) is 18.8 Å².